The molecule has 0 heteroatoms. The molecular formula is C37H26. The Bertz CT molecular complexity index is 1870. The third kappa shape index (κ3) is 3.61. The van der Waals surface area contributed by atoms with E-state index in [1.54, 1.807) is 0 Å². The predicted molar refractivity (Wildman–Crippen MR) is 160 cm³/mol. The predicted octanol–water partition coefficient (Wildman–Crippen LogP) is 10.5. The smallest absolute Gasteiger partial charge is 0.00201 e. The Morgan fingerprint density at radius 2 is 0.838 bits per heavy atom. The average Bonchev–Trinajstić information content (AvgIpc) is 2.96. The van der Waals surface area contributed by atoms with E-state index in [-0.39, 0.29) is 0 Å². The largest absolute Gasteiger partial charge is 0.0616 e. The highest BCUT2D eigenvalue weighted by Gasteiger charge is 2.18. The van der Waals surface area contributed by atoms with Gasteiger partial charge in [-0.05, 0) is 78.7 Å². The highest BCUT2D eigenvalue weighted by molar-refractivity contribution is 6.22. The van der Waals surface area contributed by atoms with Crippen LogP contribution >= 0.6 is 0 Å². The molecule has 0 spiro atoms. The van der Waals surface area contributed by atoms with E-state index in [4.69, 9.17) is 0 Å². The second-order valence-electron chi connectivity index (χ2n) is 9.81. The first-order valence-corrected chi connectivity index (χ1v) is 12.9. The third-order valence-electron chi connectivity index (χ3n) is 7.53. The van der Waals surface area contributed by atoms with Gasteiger partial charge < -0.3 is 0 Å². The van der Waals surface area contributed by atoms with Crippen molar-refractivity contribution in [2.75, 3.05) is 0 Å². The van der Waals surface area contributed by atoms with Crippen LogP contribution in [0.25, 0.3) is 65.7 Å². The van der Waals surface area contributed by atoms with Gasteiger partial charge in [-0.1, -0.05) is 139 Å². The van der Waals surface area contributed by atoms with Gasteiger partial charge >= 0.3 is 0 Å². The number of hydrogen-bond acceptors (Lipinski definition) is 0. The summed E-state index contributed by atoms with van der Waals surface area (Å²) in [7, 11) is 0. The van der Waals surface area contributed by atoms with Crippen LogP contribution in [0.2, 0.25) is 0 Å². The fourth-order valence-electron chi connectivity index (χ4n) is 5.76. The number of hydrogen-bond donors (Lipinski definition) is 0. The maximum atomic E-state index is 2.34. The van der Waals surface area contributed by atoms with Crippen molar-refractivity contribution in [1.82, 2.24) is 0 Å². The first-order valence-electron chi connectivity index (χ1n) is 12.9. The van der Waals surface area contributed by atoms with E-state index in [9.17, 15) is 0 Å². The van der Waals surface area contributed by atoms with Crippen molar-refractivity contribution >= 4 is 32.3 Å². The zero-order valence-corrected chi connectivity index (χ0v) is 20.8. The van der Waals surface area contributed by atoms with E-state index in [0.717, 1.165) is 0 Å². The standard InChI is InChI=1S/C37H26/c1-25-18-20-27(21-19-25)30-12-4-5-13-31(30)37-34-16-8-6-14-32(34)36(33-15-7-9-17-35(33)37)29-23-22-26-10-2-3-11-28(26)24-29/h2-24H,1H3. The maximum absolute atomic E-state index is 2.34. The first-order chi connectivity index (χ1) is 18.3. The molecule has 174 valence electrons. The topological polar surface area (TPSA) is 0 Å². The van der Waals surface area contributed by atoms with E-state index in [1.165, 1.54) is 71.3 Å². The van der Waals surface area contributed by atoms with Gasteiger partial charge in [0.2, 0.25) is 0 Å². The lowest BCUT2D eigenvalue weighted by Crippen LogP contribution is -1.92. The molecule has 0 aliphatic carbocycles. The molecule has 0 amide bonds. The van der Waals surface area contributed by atoms with Crippen LogP contribution in [0.5, 0.6) is 0 Å². The molecule has 0 heterocycles. The summed E-state index contributed by atoms with van der Waals surface area (Å²) in [5.41, 5.74) is 8.90. The lowest BCUT2D eigenvalue weighted by molar-refractivity contribution is 1.47. The van der Waals surface area contributed by atoms with E-state index >= 15 is 0 Å². The van der Waals surface area contributed by atoms with Gasteiger partial charge in [-0.2, -0.15) is 0 Å². The minimum atomic E-state index is 1.24. The number of rotatable bonds is 3. The normalized spacial score (nSPS) is 11.4. The lowest BCUT2D eigenvalue weighted by atomic mass is 9.83. The Morgan fingerprint density at radius 3 is 1.49 bits per heavy atom. The van der Waals surface area contributed by atoms with Crippen molar-refractivity contribution in [3.8, 4) is 33.4 Å². The molecule has 0 N–H and O–H groups in total. The molecule has 0 aliphatic rings. The van der Waals surface area contributed by atoms with E-state index in [0.29, 0.717) is 0 Å². The molecule has 0 bridgehead atoms. The molecule has 7 aromatic rings. The number of fused-ring (bicyclic) bond motifs is 3. The second kappa shape index (κ2) is 8.76. The summed E-state index contributed by atoms with van der Waals surface area (Å²) in [4.78, 5) is 0. The average molecular weight is 471 g/mol. The third-order valence-corrected chi connectivity index (χ3v) is 7.53. The van der Waals surface area contributed by atoms with Crippen molar-refractivity contribution < 1.29 is 0 Å². The van der Waals surface area contributed by atoms with Gasteiger partial charge in [-0.3, -0.25) is 0 Å². The van der Waals surface area contributed by atoms with Crippen molar-refractivity contribution in [2.45, 2.75) is 6.92 Å². The van der Waals surface area contributed by atoms with Gasteiger partial charge in [0.25, 0.3) is 0 Å². The maximum Gasteiger partial charge on any atom is -0.00201 e. The molecule has 0 aromatic heterocycles. The van der Waals surface area contributed by atoms with Crippen LogP contribution in [-0.2, 0) is 0 Å². The van der Waals surface area contributed by atoms with Gasteiger partial charge in [-0.25, -0.2) is 0 Å². The van der Waals surface area contributed by atoms with E-state index < -0.39 is 0 Å². The number of benzene rings is 7. The Balaban J connectivity index is 1.59. The highest BCUT2D eigenvalue weighted by atomic mass is 14.2. The summed E-state index contributed by atoms with van der Waals surface area (Å²) in [5, 5.41) is 7.66. The van der Waals surface area contributed by atoms with Crippen LogP contribution in [0, 0.1) is 6.92 Å². The van der Waals surface area contributed by atoms with Crippen LogP contribution in [-0.4, -0.2) is 0 Å². The first kappa shape index (κ1) is 21.6. The van der Waals surface area contributed by atoms with E-state index in [2.05, 4.69) is 146 Å². The summed E-state index contributed by atoms with van der Waals surface area (Å²) in [5.74, 6) is 0. The van der Waals surface area contributed by atoms with Crippen molar-refractivity contribution in [3.05, 3.63) is 145 Å². The van der Waals surface area contributed by atoms with Crippen LogP contribution in [0.4, 0.5) is 0 Å². The summed E-state index contributed by atoms with van der Waals surface area (Å²) in [6.07, 6.45) is 0. The van der Waals surface area contributed by atoms with Gasteiger partial charge in [0.15, 0.2) is 0 Å². The van der Waals surface area contributed by atoms with Crippen molar-refractivity contribution in [1.29, 1.82) is 0 Å². The molecule has 0 atom stereocenters. The molecule has 37 heavy (non-hydrogen) atoms. The molecular weight excluding hydrogens is 444 g/mol. The lowest BCUT2D eigenvalue weighted by Gasteiger charge is -2.20. The van der Waals surface area contributed by atoms with Crippen LogP contribution in [0.15, 0.2) is 140 Å². The van der Waals surface area contributed by atoms with Crippen LogP contribution in [0.1, 0.15) is 5.56 Å². The van der Waals surface area contributed by atoms with E-state index in [1.807, 2.05) is 0 Å². The van der Waals surface area contributed by atoms with Gasteiger partial charge in [0.05, 0.1) is 0 Å². The summed E-state index contributed by atoms with van der Waals surface area (Å²) >= 11 is 0. The van der Waals surface area contributed by atoms with Crippen molar-refractivity contribution in [3.63, 3.8) is 0 Å². The SMILES string of the molecule is Cc1ccc(-c2ccccc2-c2c3ccccc3c(-c3ccc4ccccc4c3)c3ccccc23)cc1. The Labute approximate surface area is 217 Å². The minimum Gasteiger partial charge on any atom is -0.0616 e. The van der Waals surface area contributed by atoms with Crippen LogP contribution < -0.4 is 0 Å². The Morgan fingerprint density at radius 1 is 0.351 bits per heavy atom. The number of aryl methyl sites for hydroxylation is 1. The van der Waals surface area contributed by atoms with Gasteiger partial charge in [0, 0.05) is 0 Å². The molecule has 0 unspecified atom stereocenters. The molecule has 0 radical (unpaired) electrons. The molecule has 0 fully saturated rings. The second-order valence-corrected chi connectivity index (χ2v) is 9.81. The highest BCUT2D eigenvalue weighted by Crippen LogP contribution is 2.46. The Kier molecular flexibility index (Phi) is 5.11. The zero-order chi connectivity index (χ0) is 24.8. The van der Waals surface area contributed by atoms with Crippen LogP contribution in [0.3, 0.4) is 0 Å². The fourth-order valence-corrected chi connectivity index (χ4v) is 5.76. The molecule has 0 aliphatic heterocycles. The molecule has 0 saturated heterocycles. The van der Waals surface area contributed by atoms with Gasteiger partial charge in [0.1, 0.15) is 0 Å². The minimum absolute atomic E-state index is 1.24. The molecule has 7 rings (SSSR count). The molecule has 7 aromatic carbocycles. The fraction of sp³-hybridized carbons (Fsp3) is 0.0270. The molecule has 0 saturated carbocycles. The van der Waals surface area contributed by atoms with Gasteiger partial charge in [-0.15, -0.1) is 0 Å². The quantitative estimate of drug-likeness (QED) is 0.225. The zero-order valence-electron chi connectivity index (χ0n) is 20.8. The summed E-state index contributed by atoms with van der Waals surface area (Å²) in [6.45, 7) is 2.14. The summed E-state index contributed by atoms with van der Waals surface area (Å²) < 4.78 is 0. The Hall–Kier alpha value is -4.68. The monoisotopic (exact) mass is 470 g/mol. The molecule has 0 nitrogen and oxygen atoms in total. The van der Waals surface area contributed by atoms with Crippen molar-refractivity contribution in [2.24, 2.45) is 0 Å². The summed E-state index contributed by atoms with van der Waals surface area (Å²) in [6, 6.07) is 51.0.